The van der Waals surface area contributed by atoms with Crippen molar-refractivity contribution in [3.8, 4) is 0 Å². The minimum absolute atomic E-state index is 0.0964. The van der Waals surface area contributed by atoms with Crippen molar-refractivity contribution in [1.29, 1.82) is 0 Å². The van der Waals surface area contributed by atoms with E-state index in [1.54, 1.807) is 12.1 Å². The van der Waals surface area contributed by atoms with Gasteiger partial charge in [-0.25, -0.2) is 0 Å². The van der Waals surface area contributed by atoms with Crippen molar-refractivity contribution in [3.63, 3.8) is 0 Å². The number of halogens is 3. The fourth-order valence-electron chi connectivity index (χ4n) is 0.857. The third-order valence-corrected chi connectivity index (χ3v) is 2.89. The lowest BCUT2D eigenvalue weighted by Crippen LogP contribution is -2.03. The van der Waals surface area contributed by atoms with Gasteiger partial charge < -0.3 is 5.73 Å². The van der Waals surface area contributed by atoms with Crippen LogP contribution in [0.3, 0.4) is 0 Å². The van der Waals surface area contributed by atoms with Crippen molar-refractivity contribution < 1.29 is 4.79 Å². The molecule has 0 saturated carbocycles. The number of hydrogen-bond donors (Lipinski definition) is 1. The molecule has 1 rings (SSSR count). The largest absolute Gasteiger partial charge is 0.397 e. The van der Waals surface area contributed by atoms with E-state index in [2.05, 4.69) is 15.9 Å². The summed E-state index contributed by atoms with van der Waals surface area (Å²) in [5.74, 6) is -0.327. The van der Waals surface area contributed by atoms with Gasteiger partial charge >= 0.3 is 0 Å². The summed E-state index contributed by atoms with van der Waals surface area (Å²) in [5.41, 5.74) is 6.32. The molecule has 0 bridgehead atoms. The van der Waals surface area contributed by atoms with Gasteiger partial charge in [0.1, 0.15) is 0 Å². The number of nitrogen functional groups attached to an aromatic ring is 1. The molecule has 0 amide bonds. The second-order valence-corrected chi connectivity index (χ2v) is 3.88. The van der Waals surface area contributed by atoms with Crippen molar-refractivity contribution >= 4 is 50.6 Å². The zero-order chi connectivity index (χ0) is 10.0. The number of Topliss-reactive ketones (excluding diaryl/α,β-unsaturated/α-hetero) is 1. The number of anilines is 1. The Bertz CT molecular complexity index is 354. The van der Waals surface area contributed by atoms with Gasteiger partial charge in [-0.15, -0.1) is 11.6 Å². The lowest BCUT2D eigenvalue weighted by atomic mass is 10.1. The molecule has 0 radical (unpaired) electrons. The Balaban J connectivity index is 3.26. The van der Waals surface area contributed by atoms with Crippen LogP contribution in [0.15, 0.2) is 16.6 Å². The number of rotatable bonds is 2. The first-order chi connectivity index (χ1) is 6.07. The maximum Gasteiger partial charge on any atom is 0.179 e. The molecule has 2 nitrogen and oxygen atoms in total. The van der Waals surface area contributed by atoms with Gasteiger partial charge in [0.25, 0.3) is 0 Å². The predicted octanol–water partition coefficient (Wildman–Crippen LogP) is 3.11. The molecule has 0 fully saturated rings. The van der Waals surface area contributed by atoms with E-state index >= 15 is 0 Å². The van der Waals surface area contributed by atoms with Crippen LogP contribution in [0.25, 0.3) is 0 Å². The standard InChI is InChI=1S/C8H6BrCl2NO/c9-5-2-1-4(6(13)3-10)7(11)8(5)12/h1-2H,3,12H2. The Kier molecular flexibility index (Phi) is 3.59. The van der Waals surface area contributed by atoms with Crippen LogP contribution < -0.4 is 5.73 Å². The second kappa shape index (κ2) is 4.31. The molecule has 0 aromatic heterocycles. The zero-order valence-corrected chi connectivity index (χ0v) is 9.58. The maximum absolute atomic E-state index is 11.2. The van der Waals surface area contributed by atoms with E-state index in [1.807, 2.05) is 0 Å². The van der Waals surface area contributed by atoms with Crippen molar-refractivity contribution in [1.82, 2.24) is 0 Å². The third-order valence-electron chi connectivity index (χ3n) is 1.55. The van der Waals surface area contributed by atoms with Crippen LogP contribution in [0.5, 0.6) is 0 Å². The Morgan fingerprint density at radius 1 is 1.54 bits per heavy atom. The van der Waals surface area contributed by atoms with Crippen molar-refractivity contribution in [2.24, 2.45) is 0 Å². The molecule has 0 heterocycles. The zero-order valence-electron chi connectivity index (χ0n) is 6.48. The summed E-state index contributed by atoms with van der Waals surface area (Å²) >= 11 is 14.4. The molecule has 0 saturated heterocycles. The fraction of sp³-hybridized carbons (Fsp3) is 0.125. The minimum Gasteiger partial charge on any atom is -0.397 e. The van der Waals surface area contributed by atoms with Crippen LogP contribution in [0.2, 0.25) is 5.02 Å². The fourth-order valence-corrected chi connectivity index (χ4v) is 1.72. The summed E-state index contributed by atoms with van der Waals surface area (Å²) in [6, 6.07) is 3.26. The van der Waals surface area contributed by atoms with Crippen LogP contribution in [0.4, 0.5) is 5.69 Å². The molecule has 13 heavy (non-hydrogen) atoms. The lowest BCUT2D eigenvalue weighted by molar-refractivity contribution is 0.102. The first kappa shape index (κ1) is 10.8. The Labute approximate surface area is 94.1 Å². The van der Waals surface area contributed by atoms with Gasteiger partial charge in [-0.2, -0.15) is 0 Å². The molecule has 70 valence electrons. The number of nitrogens with two attached hydrogens (primary N) is 1. The lowest BCUT2D eigenvalue weighted by Gasteiger charge is -2.05. The normalized spacial score (nSPS) is 10.1. The van der Waals surface area contributed by atoms with E-state index in [0.717, 1.165) is 0 Å². The summed E-state index contributed by atoms with van der Waals surface area (Å²) < 4.78 is 0.670. The van der Waals surface area contributed by atoms with Gasteiger partial charge in [-0.3, -0.25) is 4.79 Å². The highest BCUT2D eigenvalue weighted by molar-refractivity contribution is 9.10. The molecular weight excluding hydrogens is 277 g/mol. The molecule has 1 aromatic carbocycles. The molecule has 0 spiro atoms. The van der Waals surface area contributed by atoms with Crippen LogP contribution in [0.1, 0.15) is 10.4 Å². The Morgan fingerprint density at radius 3 is 2.69 bits per heavy atom. The van der Waals surface area contributed by atoms with Gasteiger partial charge in [-0.05, 0) is 28.1 Å². The van der Waals surface area contributed by atoms with Crippen molar-refractivity contribution in [2.45, 2.75) is 0 Å². The highest BCUT2D eigenvalue weighted by atomic mass is 79.9. The molecule has 0 aliphatic heterocycles. The number of ketones is 1. The molecule has 5 heteroatoms. The smallest absolute Gasteiger partial charge is 0.179 e. The third kappa shape index (κ3) is 2.16. The monoisotopic (exact) mass is 281 g/mol. The van der Waals surface area contributed by atoms with Crippen molar-refractivity contribution in [3.05, 3.63) is 27.2 Å². The SMILES string of the molecule is Nc1c(Br)ccc(C(=O)CCl)c1Cl. The van der Waals surface area contributed by atoms with E-state index in [1.165, 1.54) is 0 Å². The number of carbonyl (C=O) groups excluding carboxylic acids is 1. The average Bonchev–Trinajstić information content (AvgIpc) is 2.13. The van der Waals surface area contributed by atoms with E-state index in [4.69, 9.17) is 28.9 Å². The van der Waals surface area contributed by atoms with Crippen LogP contribution in [-0.4, -0.2) is 11.7 Å². The molecule has 0 atom stereocenters. The van der Waals surface area contributed by atoms with Crippen molar-refractivity contribution in [2.75, 3.05) is 11.6 Å². The summed E-state index contributed by atoms with van der Waals surface area (Å²) in [6.07, 6.45) is 0. The molecule has 1 aromatic rings. The number of benzene rings is 1. The van der Waals surface area contributed by atoms with E-state index < -0.39 is 0 Å². The topological polar surface area (TPSA) is 43.1 Å². The van der Waals surface area contributed by atoms with E-state index in [0.29, 0.717) is 15.7 Å². The molecule has 0 aliphatic carbocycles. The quantitative estimate of drug-likeness (QED) is 0.515. The highest BCUT2D eigenvalue weighted by Crippen LogP contribution is 2.30. The van der Waals surface area contributed by atoms with Gasteiger partial charge in [-0.1, -0.05) is 11.6 Å². The van der Waals surface area contributed by atoms with E-state index in [-0.39, 0.29) is 16.7 Å². The number of carbonyl (C=O) groups is 1. The van der Waals surface area contributed by atoms with Gasteiger partial charge in [0.2, 0.25) is 0 Å². The van der Waals surface area contributed by atoms with Gasteiger partial charge in [0, 0.05) is 10.0 Å². The summed E-state index contributed by atoms with van der Waals surface area (Å²) in [5, 5.41) is 0.250. The second-order valence-electron chi connectivity index (χ2n) is 2.38. The predicted molar refractivity (Wildman–Crippen MR) is 58.6 cm³/mol. The van der Waals surface area contributed by atoms with Gasteiger partial charge in [0.05, 0.1) is 16.6 Å². The first-order valence-corrected chi connectivity index (χ1v) is 5.11. The van der Waals surface area contributed by atoms with Gasteiger partial charge in [0.15, 0.2) is 5.78 Å². The average molecular weight is 283 g/mol. The molecule has 0 aliphatic rings. The van der Waals surface area contributed by atoms with Crippen LogP contribution in [0, 0.1) is 0 Å². The van der Waals surface area contributed by atoms with Crippen LogP contribution in [-0.2, 0) is 0 Å². The molecule has 0 unspecified atom stereocenters. The Morgan fingerprint density at radius 2 is 2.15 bits per heavy atom. The summed E-state index contributed by atoms with van der Waals surface area (Å²) in [6.45, 7) is 0. The summed E-state index contributed by atoms with van der Waals surface area (Å²) in [4.78, 5) is 11.2. The number of alkyl halides is 1. The first-order valence-electron chi connectivity index (χ1n) is 3.40. The molecule has 2 N–H and O–H groups in total. The Hall–Kier alpha value is -0.250. The van der Waals surface area contributed by atoms with E-state index in [9.17, 15) is 4.79 Å². The number of hydrogen-bond acceptors (Lipinski definition) is 2. The summed E-state index contributed by atoms with van der Waals surface area (Å²) in [7, 11) is 0. The minimum atomic E-state index is -0.231. The van der Waals surface area contributed by atoms with Crippen LogP contribution >= 0.6 is 39.1 Å². The highest BCUT2D eigenvalue weighted by Gasteiger charge is 2.12. The maximum atomic E-state index is 11.2. The molecular formula is C8H6BrCl2NO.